The first-order chi connectivity index (χ1) is 15.0. The minimum Gasteiger partial charge on any atom is -0.493 e. The van der Waals surface area contributed by atoms with Crippen LogP contribution in [0.15, 0.2) is 48.5 Å². The Balaban J connectivity index is 1.89. The van der Waals surface area contributed by atoms with Gasteiger partial charge < -0.3 is 19.3 Å². The molecule has 2 rings (SSSR count). The number of methoxy groups -OCH3 is 2. The molecule has 0 N–H and O–H groups in total. The molecule has 7 heteroatoms. The Morgan fingerprint density at radius 1 is 0.935 bits per heavy atom. The molecule has 0 aliphatic carbocycles. The summed E-state index contributed by atoms with van der Waals surface area (Å²) in [6.45, 7) is 0.835. The summed E-state index contributed by atoms with van der Waals surface area (Å²) >= 11 is 0. The van der Waals surface area contributed by atoms with Crippen molar-refractivity contribution >= 4 is 17.5 Å². The van der Waals surface area contributed by atoms with Crippen molar-refractivity contribution in [2.75, 3.05) is 39.3 Å². The Kier molecular flexibility index (Phi) is 9.37. The standard InChI is InChI=1S/C24H29N3O4/c1-26(17-14-19-10-11-21(30-2)22(18-19)31-3)23(28)12-13-24(29)27(16-7-15-25)20-8-5-4-6-9-20/h4-6,8-11,18H,7,12-14,16-17H2,1-3H3. The molecule has 0 heterocycles. The Hall–Kier alpha value is -3.53. The normalized spacial score (nSPS) is 10.1. The topological polar surface area (TPSA) is 82.9 Å². The molecule has 0 fully saturated rings. The lowest BCUT2D eigenvalue weighted by Crippen LogP contribution is -2.34. The number of nitriles is 1. The van der Waals surface area contributed by atoms with Crippen LogP contribution in [0, 0.1) is 11.3 Å². The van der Waals surface area contributed by atoms with Crippen LogP contribution in [-0.2, 0) is 16.0 Å². The van der Waals surface area contributed by atoms with Crippen LogP contribution < -0.4 is 14.4 Å². The zero-order valence-corrected chi connectivity index (χ0v) is 18.3. The smallest absolute Gasteiger partial charge is 0.227 e. The highest BCUT2D eigenvalue weighted by Crippen LogP contribution is 2.27. The quantitative estimate of drug-likeness (QED) is 0.553. The van der Waals surface area contributed by atoms with Crippen LogP contribution >= 0.6 is 0 Å². The summed E-state index contributed by atoms with van der Waals surface area (Å²) in [6, 6.07) is 17.0. The van der Waals surface area contributed by atoms with Gasteiger partial charge in [0.1, 0.15) is 0 Å². The average Bonchev–Trinajstić information content (AvgIpc) is 2.81. The van der Waals surface area contributed by atoms with Gasteiger partial charge in [-0.05, 0) is 36.2 Å². The molecule has 0 aliphatic heterocycles. The number of likely N-dealkylation sites (N-methyl/N-ethyl adjacent to an activating group) is 1. The summed E-state index contributed by atoms with van der Waals surface area (Å²) in [4.78, 5) is 28.4. The molecule has 2 amide bonds. The average molecular weight is 424 g/mol. The first-order valence-electron chi connectivity index (χ1n) is 10.2. The Bertz CT molecular complexity index is 909. The van der Waals surface area contributed by atoms with E-state index in [9.17, 15) is 9.59 Å². The molecular formula is C24H29N3O4. The summed E-state index contributed by atoms with van der Waals surface area (Å²) in [7, 11) is 4.91. The van der Waals surface area contributed by atoms with E-state index in [1.165, 1.54) is 0 Å². The molecule has 0 atom stereocenters. The maximum atomic E-state index is 12.7. The zero-order valence-electron chi connectivity index (χ0n) is 18.3. The van der Waals surface area contributed by atoms with Gasteiger partial charge in [0.25, 0.3) is 0 Å². The van der Waals surface area contributed by atoms with Gasteiger partial charge in [-0.2, -0.15) is 5.26 Å². The van der Waals surface area contributed by atoms with Crippen LogP contribution in [0.2, 0.25) is 0 Å². The Morgan fingerprint density at radius 3 is 2.26 bits per heavy atom. The molecule has 2 aromatic rings. The fourth-order valence-electron chi connectivity index (χ4n) is 3.16. The molecule has 0 spiro atoms. The van der Waals surface area contributed by atoms with E-state index in [4.69, 9.17) is 14.7 Å². The fraction of sp³-hybridized carbons (Fsp3) is 0.375. The van der Waals surface area contributed by atoms with Crippen molar-refractivity contribution in [2.45, 2.75) is 25.7 Å². The zero-order chi connectivity index (χ0) is 22.6. The molecule has 31 heavy (non-hydrogen) atoms. The van der Waals surface area contributed by atoms with E-state index in [-0.39, 0.29) is 31.1 Å². The number of nitrogens with zero attached hydrogens (tertiary/aromatic N) is 3. The number of ether oxygens (including phenoxy) is 2. The predicted molar refractivity (Wildman–Crippen MR) is 119 cm³/mol. The second-order valence-electron chi connectivity index (χ2n) is 7.04. The number of carbonyl (C=O) groups is 2. The highest BCUT2D eigenvalue weighted by molar-refractivity contribution is 5.95. The molecular weight excluding hydrogens is 394 g/mol. The number of anilines is 1. The predicted octanol–water partition coefficient (Wildman–Crippen LogP) is 3.43. The van der Waals surface area contributed by atoms with E-state index in [2.05, 4.69) is 6.07 Å². The number of hydrogen-bond acceptors (Lipinski definition) is 5. The monoisotopic (exact) mass is 423 g/mol. The molecule has 0 bridgehead atoms. The lowest BCUT2D eigenvalue weighted by Gasteiger charge is -2.23. The summed E-state index contributed by atoms with van der Waals surface area (Å²) in [5, 5.41) is 8.89. The van der Waals surface area contributed by atoms with Gasteiger partial charge in [0.05, 0.1) is 26.7 Å². The van der Waals surface area contributed by atoms with Gasteiger partial charge in [0.2, 0.25) is 11.8 Å². The van der Waals surface area contributed by atoms with Crippen molar-refractivity contribution in [2.24, 2.45) is 0 Å². The van der Waals surface area contributed by atoms with Crippen molar-refractivity contribution in [1.29, 1.82) is 5.26 Å². The number of amides is 2. The first-order valence-corrected chi connectivity index (χ1v) is 10.2. The van der Waals surface area contributed by atoms with E-state index in [1.807, 2.05) is 48.5 Å². The molecule has 0 aliphatic rings. The minimum atomic E-state index is -0.164. The number of benzene rings is 2. The van der Waals surface area contributed by atoms with Gasteiger partial charge in [-0.25, -0.2) is 0 Å². The third kappa shape index (κ3) is 7.03. The molecule has 0 aromatic heterocycles. The number of rotatable bonds is 11. The van der Waals surface area contributed by atoms with Crippen molar-refractivity contribution < 1.29 is 19.1 Å². The fourth-order valence-corrected chi connectivity index (χ4v) is 3.16. The van der Waals surface area contributed by atoms with Crippen LogP contribution in [0.4, 0.5) is 5.69 Å². The van der Waals surface area contributed by atoms with Crippen molar-refractivity contribution in [3.8, 4) is 17.6 Å². The summed E-state index contributed by atoms with van der Waals surface area (Å²) < 4.78 is 10.6. The van der Waals surface area contributed by atoms with Gasteiger partial charge in [-0.1, -0.05) is 24.3 Å². The van der Waals surface area contributed by atoms with Crippen LogP contribution in [0.5, 0.6) is 11.5 Å². The maximum absolute atomic E-state index is 12.7. The minimum absolute atomic E-state index is 0.0953. The van der Waals surface area contributed by atoms with Gasteiger partial charge in [-0.3, -0.25) is 9.59 Å². The van der Waals surface area contributed by atoms with E-state index in [0.29, 0.717) is 31.0 Å². The van der Waals surface area contributed by atoms with E-state index >= 15 is 0 Å². The van der Waals surface area contributed by atoms with Crippen LogP contribution in [0.3, 0.4) is 0 Å². The lowest BCUT2D eigenvalue weighted by atomic mass is 10.1. The van der Waals surface area contributed by atoms with Crippen LogP contribution in [-0.4, -0.2) is 51.1 Å². The number of para-hydroxylation sites is 1. The van der Waals surface area contributed by atoms with Gasteiger partial charge in [-0.15, -0.1) is 0 Å². The molecule has 164 valence electrons. The third-order valence-corrected chi connectivity index (χ3v) is 4.98. The lowest BCUT2D eigenvalue weighted by molar-refractivity contribution is -0.132. The van der Waals surface area contributed by atoms with E-state index < -0.39 is 0 Å². The second kappa shape index (κ2) is 12.2. The summed E-state index contributed by atoms with van der Waals surface area (Å²) in [5.74, 6) is 1.05. The van der Waals surface area contributed by atoms with Crippen molar-refractivity contribution in [3.63, 3.8) is 0 Å². The maximum Gasteiger partial charge on any atom is 0.227 e. The van der Waals surface area contributed by atoms with Crippen LogP contribution in [0.25, 0.3) is 0 Å². The second-order valence-corrected chi connectivity index (χ2v) is 7.04. The van der Waals surface area contributed by atoms with E-state index in [0.717, 1.165) is 11.3 Å². The highest BCUT2D eigenvalue weighted by atomic mass is 16.5. The Morgan fingerprint density at radius 2 is 1.61 bits per heavy atom. The molecule has 7 nitrogen and oxygen atoms in total. The van der Waals surface area contributed by atoms with Gasteiger partial charge >= 0.3 is 0 Å². The number of carbonyl (C=O) groups excluding carboxylic acids is 2. The third-order valence-electron chi connectivity index (χ3n) is 4.98. The Labute approximate surface area is 183 Å². The first kappa shape index (κ1) is 23.7. The molecule has 2 aromatic carbocycles. The van der Waals surface area contributed by atoms with Gasteiger partial charge in [0, 0.05) is 38.7 Å². The van der Waals surface area contributed by atoms with Crippen LogP contribution in [0.1, 0.15) is 24.8 Å². The molecule has 0 saturated heterocycles. The van der Waals surface area contributed by atoms with Crippen molar-refractivity contribution in [3.05, 3.63) is 54.1 Å². The van der Waals surface area contributed by atoms with Gasteiger partial charge in [0.15, 0.2) is 11.5 Å². The molecule has 0 radical (unpaired) electrons. The summed E-state index contributed by atoms with van der Waals surface area (Å²) in [6.07, 6.45) is 1.12. The number of hydrogen-bond donors (Lipinski definition) is 0. The highest BCUT2D eigenvalue weighted by Gasteiger charge is 2.18. The SMILES string of the molecule is COc1ccc(CCN(C)C(=O)CCC(=O)N(CCC#N)c2ccccc2)cc1OC. The van der Waals surface area contributed by atoms with Crippen molar-refractivity contribution in [1.82, 2.24) is 4.90 Å². The molecule has 0 saturated carbocycles. The summed E-state index contributed by atoms with van der Waals surface area (Å²) in [5.41, 5.74) is 1.76. The largest absolute Gasteiger partial charge is 0.493 e. The van der Waals surface area contributed by atoms with E-state index in [1.54, 1.807) is 31.1 Å². The molecule has 0 unspecified atom stereocenters.